The molecule has 178 valence electrons. The molecule has 34 heavy (non-hydrogen) atoms. The monoisotopic (exact) mass is 461 g/mol. The lowest BCUT2D eigenvalue weighted by Gasteiger charge is -2.26. The number of amidine groups is 1. The first-order valence-corrected chi connectivity index (χ1v) is 11.2. The third-order valence-corrected chi connectivity index (χ3v) is 5.61. The Morgan fingerprint density at radius 1 is 1.29 bits per heavy atom. The van der Waals surface area contributed by atoms with Crippen LogP contribution < -0.4 is 5.32 Å². The van der Waals surface area contributed by atoms with Crippen molar-refractivity contribution in [3.63, 3.8) is 0 Å². The summed E-state index contributed by atoms with van der Waals surface area (Å²) in [7, 11) is 1.57. The predicted octanol–water partition coefficient (Wildman–Crippen LogP) is 3.94. The maximum absolute atomic E-state index is 12.5. The van der Waals surface area contributed by atoms with Gasteiger partial charge in [-0.25, -0.2) is 4.98 Å². The smallest absolute Gasteiger partial charge is 0.249 e. The number of carbonyl (C=O) groups excluding carboxylic acids is 1. The number of methoxy groups -OCH3 is 1. The molecule has 0 bridgehead atoms. The van der Waals surface area contributed by atoms with Crippen LogP contribution >= 0.6 is 0 Å². The molecule has 1 saturated carbocycles. The fraction of sp³-hybridized carbons (Fsp3) is 0.360. The van der Waals surface area contributed by atoms with Crippen LogP contribution in [0.1, 0.15) is 55.0 Å². The highest BCUT2D eigenvalue weighted by Crippen LogP contribution is 2.39. The van der Waals surface area contributed by atoms with Crippen LogP contribution in [0.2, 0.25) is 0 Å². The Bertz CT molecular complexity index is 1050. The molecule has 0 radical (unpaired) electrons. The average Bonchev–Trinajstić information content (AvgIpc) is 3.68. The van der Waals surface area contributed by atoms with Gasteiger partial charge in [0.05, 0.1) is 19.0 Å². The lowest BCUT2D eigenvalue weighted by atomic mass is 9.96. The Labute approximate surface area is 199 Å². The zero-order valence-corrected chi connectivity index (χ0v) is 19.5. The number of nitrogens with one attached hydrogen (secondary N) is 4. The van der Waals surface area contributed by atoms with Gasteiger partial charge >= 0.3 is 0 Å². The van der Waals surface area contributed by atoms with E-state index in [4.69, 9.17) is 21.0 Å². The maximum atomic E-state index is 12.5. The highest BCUT2D eigenvalue weighted by atomic mass is 16.5. The van der Waals surface area contributed by atoms with E-state index in [0.29, 0.717) is 30.5 Å². The Morgan fingerprint density at radius 3 is 2.71 bits per heavy atom. The molecule has 9 nitrogen and oxygen atoms in total. The van der Waals surface area contributed by atoms with E-state index in [1.54, 1.807) is 31.4 Å². The van der Waals surface area contributed by atoms with E-state index in [2.05, 4.69) is 15.3 Å². The van der Waals surface area contributed by atoms with Crippen LogP contribution in [0.3, 0.4) is 0 Å². The van der Waals surface area contributed by atoms with Gasteiger partial charge in [-0.15, -0.1) is 0 Å². The second-order valence-corrected chi connectivity index (χ2v) is 8.28. The third-order valence-electron chi connectivity index (χ3n) is 5.61. The molecule has 2 aromatic heterocycles. The number of ether oxygens (including phenoxy) is 1. The minimum atomic E-state index is -0.356. The number of pyridine rings is 2. The van der Waals surface area contributed by atoms with Crippen molar-refractivity contribution in [2.75, 3.05) is 19.0 Å². The van der Waals surface area contributed by atoms with Gasteiger partial charge in [-0.05, 0) is 62.2 Å². The maximum Gasteiger partial charge on any atom is 0.249 e. The number of carbonyl (C=O) groups is 1. The highest BCUT2D eigenvalue weighted by molar-refractivity contribution is 6.02. The molecular weight excluding hydrogens is 430 g/mol. The largest absolute Gasteiger partial charge is 0.383 e. The Balaban J connectivity index is 1.66. The molecule has 1 fully saturated rings. The molecule has 1 unspecified atom stereocenters. The molecule has 0 saturated heterocycles. The fourth-order valence-electron chi connectivity index (χ4n) is 3.58. The number of rotatable bonds is 12. The lowest BCUT2D eigenvalue weighted by molar-refractivity contribution is -0.111. The molecule has 0 spiro atoms. The fourth-order valence-corrected chi connectivity index (χ4v) is 3.58. The minimum absolute atomic E-state index is 0.0411. The summed E-state index contributed by atoms with van der Waals surface area (Å²) in [6.07, 6.45) is 10.3. The van der Waals surface area contributed by atoms with Crippen LogP contribution in [0.4, 0.5) is 5.82 Å². The van der Waals surface area contributed by atoms with Gasteiger partial charge < -0.3 is 20.4 Å². The molecule has 2 atom stereocenters. The van der Waals surface area contributed by atoms with Gasteiger partial charge in [0.25, 0.3) is 0 Å². The first kappa shape index (κ1) is 24.9. The zero-order valence-electron chi connectivity index (χ0n) is 19.5. The second-order valence-electron chi connectivity index (χ2n) is 8.28. The van der Waals surface area contributed by atoms with Crippen molar-refractivity contribution in [1.29, 1.82) is 16.2 Å². The molecule has 1 amide bonds. The molecule has 1 aliphatic carbocycles. The predicted molar refractivity (Wildman–Crippen MR) is 133 cm³/mol. The SMILES string of the molecule is COC[C@H](C)N(C=N)C(=N)c1cccc(NC(=O)/C=C/C(CC=N)c2ccc(C3CC3)nc2)n1. The van der Waals surface area contributed by atoms with Crippen LogP contribution in [0, 0.1) is 16.2 Å². The van der Waals surface area contributed by atoms with E-state index >= 15 is 0 Å². The number of amides is 1. The van der Waals surface area contributed by atoms with Gasteiger partial charge in [0.15, 0.2) is 5.84 Å². The average molecular weight is 462 g/mol. The van der Waals surface area contributed by atoms with E-state index in [-0.39, 0.29) is 23.7 Å². The van der Waals surface area contributed by atoms with Gasteiger partial charge in [-0.2, -0.15) is 0 Å². The van der Waals surface area contributed by atoms with Gasteiger partial charge in [-0.1, -0.05) is 18.2 Å². The first-order chi connectivity index (χ1) is 16.5. The molecule has 3 rings (SSSR count). The molecule has 1 aliphatic rings. The summed E-state index contributed by atoms with van der Waals surface area (Å²) in [5.41, 5.74) is 2.40. The summed E-state index contributed by atoms with van der Waals surface area (Å²) in [6, 6.07) is 8.84. The number of allylic oxidation sites excluding steroid dienone is 1. The molecular formula is C25H31N7O2. The number of anilines is 1. The van der Waals surface area contributed by atoms with Crippen LogP contribution in [0.5, 0.6) is 0 Å². The van der Waals surface area contributed by atoms with Crippen LogP contribution in [-0.2, 0) is 9.53 Å². The normalized spacial score (nSPS) is 14.9. The zero-order chi connectivity index (χ0) is 24.5. The van der Waals surface area contributed by atoms with Crippen LogP contribution in [-0.4, -0.2) is 58.9 Å². The number of hydrogen-bond acceptors (Lipinski definition) is 7. The van der Waals surface area contributed by atoms with Crippen molar-refractivity contribution in [1.82, 2.24) is 14.9 Å². The molecule has 2 aromatic rings. The highest BCUT2D eigenvalue weighted by Gasteiger charge is 2.24. The summed E-state index contributed by atoms with van der Waals surface area (Å²) in [4.78, 5) is 22.9. The Kier molecular flexibility index (Phi) is 8.75. The van der Waals surface area contributed by atoms with Crippen molar-refractivity contribution in [3.05, 3.63) is 65.6 Å². The van der Waals surface area contributed by atoms with E-state index < -0.39 is 0 Å². The Morgan fingerprint density at radius 2 is 2.09 bits per heavy atom. The van der Waals surface area contributed by atoms with E-state index in [0.717, 1.165) is 17.6 Å². The van der Waals surface area contributed by atoms with Gasteiger partial charge in [0, 0.05) is 30.8 Å². The minimum Gasteiger partial charge on any atom is -0.383 e. The van der Waals surface area contributed by atoms with Crippen molar-refractivity contribution in [2.24, 2.45) is 0 Å². The summed E-state index contributed by atoms with van der Waals surface area (Å²) in [5, 5.41) is 26.3. The van der Waals surface area contributed by atoms with E-state index in [9.17, 15) is 4.79 Å². The molecule has 0 aromatic carbocycles. The second kappa shape index (κ2) is 11.9. The van der Waals surface area contributed by atoms with Gasteiger partial charge in [-0.3, -0.25) is 20.6 Å². The van der Waals surface area contributed by atoms with Crippen molar-refractivity contribution < 1.29 is 9.53 Å². The summed E-state index contributed by atoms with van der Waals surface area (Å²) < 4.78 is 5.12. The van der Waals surface area contributed by atoms with Gasteiger partial charge in [0.1, 0.15) is 11.5 Å². The Hall–Kier alpha value is -3.72. The molecule has 0 aliphatic heterocycles. The number of nitrogens with zero attached hydrogens (tertiary/aromatic N) is 3. The van der Waals surface area contributed by atoms with Crippen molar-refractivity contribution in [2.45, 2.75) is 44.1 Å². The number of hydrogen-bond donors (Lipinski definition) is 4. The van der Waals surface area contributed by atoms with Crippen molar-refractivity contribution in [3.8, 4) is 0 Å². The van der Waals surface area contributed by atoms with Crippen molar-refractivity contribution >= 4 is 30.1 Å². The van der Waals surface area contributed by atoms with E-state index in [1.807, 2.05) is 25.3 Å². The van der Waals surface area contributed by atoms with Crippen LogP contribution in [0.25, 0.3) is 0 Å². The molecule has 9 heteroatoms. The molecule has 2 heterocycles. The summed E-state index contributed by atoms with van der Waals surface area (Å²) in [6.45, 7) is 2.20. The number of aromatic nitrogens is 2. The standard InChI is InChI=1S/C25H31N7O2/c1-17(15-34-2)32(16-27)25(28)22-4-3-5-23(30-22)31-24(33)11-9-18(12-13-26)20-8-10-21(29-14-20)19-6-7-19/h3-5,8-11,13-14,16-19,26-28H,6-7,12,15H2,1-2H3,(H,30,31,33)/b11-9+,26-13?,27-16?,28-25?/t17-,18?/m0/s1. The summed E-state index contributed by atoms with van der Waals surface area (Å²) in [5.74, 6) is 0.445. The molecule has 4 N–H and O–H groups in total. The van der Waals surface area contributed by atoms with E-state index in [1.165, 1.54) is 30.0 Å². The van der Waals surface area contributed by atoms with Crippen LogP contribution in [0.15, 0.2) is 48.7 Å². The van der Waals surface area contributed by atoms with Gasteiger partial charge in [0.2, 0.25) is 5.91 Å². The lowest BCUT2D eigenvalue weighted by Crippen LogP contribution is -2.40. The third kappa shape index (κ3) is 6.64. The quantitative estimate of drug-likeness (QED) is 0.215. The first-order valence-electron chi connectivity index (χ1n) is 11.2. The summed E-state index contributed by atoms with van der Waals surface area (Å²) >= 11 is 0. The topological polar surface area (TPSA) is 139 Å².